The summed E-state index contributed by atoms with van der Waals surface area (Å²) in [5.41, 5.74) is -1.93. The fraction of sp³-hybridized carbons (Fsp3) is 0.865. The van der Waals surface area contributed by atoms with Gasteiger partial charge < -0.3 is 26.2 Å². The molecule has 4 N–H and O–H groups in total. The highest BCUT2D eigenvalue weighted by Gasteiger charge is 2.70. The van der Waals surface area contributed by atoms with E-state index in [4.69, 9.17) is 0 Å². The van der Waals surface area contributed by atoms with Crippen LogP contribution in [-0.2, 0) is 29.2 Å². The Morgan fingerprint density at radius 3 is 2.14 bits per heavy atom. The molecule has 5 aliphatic rings. The van der Waals surface area contributed by atoms with Gasteiger partial charge in [0.2, 0.25) is 27.6 Å². The van der Waals surface area contributed by atoms with Gasteiger partial charge in [0.15, 0.2) is 0 Å². The number of rotatable bonds is 15. The molecule has 13 nitrogen and oxygen atoms in total. The third kappa shape index (κ3) is 8.74. The predicted molar refractivity (Wildman–Crippen MR) is 194 cm³/mol. The van der Waals surface area contributed by atoms with Crippen LogP contribution in [0.5, 0.6) is 0 Å². The van der Waals surface area contributed by atoms with Crippen LogP contribution in [0.2, 0.25) is 0 Å². The van der Waals surface area contributed by atoms with Gasteiger partial charge in [-0.15, -0.1) is 0 Å². The van der Waals surface area contributed by atoms with Gasteiger partial charge in [0, 0.05) is 25.7 Å². The molecule has 1 aliphatic heterocycles. The molecule has 5 fully saturated rings. The number of nitrogens with one attached hydrogen (secondary N) is 4. The van der Waals surface area contributed by atoms with Crippen LogP contribution in [0.15, 0.2) is 0 Å². The van der Waals surface area contributed by atoms with Crippen molar-refractivity contribution in [3.8, 4) is 0 Å². The summed E-state index contributed by atoms with van der Waals surface area (Å²) in [7, 11) is -2.06. The molecule has 1 saturated heterocycles. The van der Waals surface area contributed by atoms with Crippen molar-refractivity contribution in [2.24, 2.45) is 28.6 Å². The molecule has 1 heterocycles. The van der Waals surface area contributed by atoms with Crippen LogP contribution >= 0.6 is 0 Å². The van der Waals surface area contributed by atoms with E-state index >= 15 is 0 Å². The minimum atomic E-state index is -3.69. The SMILES string of the molecule is CCC[C@H](NC(=O)[C@@H]1[C@@H]2[C@H](CN1C(=O)[C@@H](NC(=O)NC1(CS(=O)(=O)N(C)[C@@H](C)C3CC3)CCCCC1)C(C)(C)C)C2(C)C)C(=O)C(=O)NC1CC1. The van der Waals surface area contributed by atoms with Crippen LogP contribution in [-0.4, -0.2) is 102 Å². The molecular weight excluding hydrogens is 673 g/mol. The quantitative estimate of drug-likeness (QED) is 0.187. The van der Waals surface area contributed by atoms with Crippen LogP contribution in [0.25, 0.3) is 0 Å². The Bertz CT molecular complexity index is 1480. The van der Waals surface area contributed by atoms with E-state index in [9.17, 15) is 32.4 Å². The number of carbonyl (C=O) groups excluding carboxylic acids is 5. The summed E-state index contributed by atoms with van der Waals surface area (Å²) in [6.07, 6.45) is 8.12. The molecule has 0 aromatic carbocycles. The lowest BCUT2D eigenvalue weighted by atomic mass is 9.83. The number of hydrogen-bond acceptors (Lipinski definition) is 7. The zero-order valence-corrected chi connectivity index (χ0v) is 32.8. The van der Waals surface area contributed by atoms with E-state index in [-0.39, 0.29) is 35.1 Å². The fourth-order valence-electron chi connectivity index (χ4n) is 8.61. The minimum Gasteiger partial charge on any atom is -0.347 e. The molecule has 0 bridgehead atoms. The van der Waals surface area contributed by atoms with Gasteiger partial charge in [-0.1, -0.05) is 67.2 Å². The first kappa shape index (κ1) is 39.5. The highest BCUT2D eigenvalue weighted by Crippen LogP contribution is 2.65. The molecule has 14 heteroatoms. The molecule has 4 aliphatic carbocycles. The van der Waals surface area contributed by atoms with Gasteiger partial charge in [0.05, 0.1) is 17.3 Å². The molecule has 6 atom stereocenters. The summed E-state index contributed by atoms with van der Waals surface area (Å²) in [5, 5.41) is 11.5. The number of carbonyl (C=O) groups is 5. The molecular formula is C37H62N6O7S. The lowest BCUT2D eigenvalue weighted by molar-refractivity contribution is -0.145. The van der Waals surface area contributed by atoms with Crippen molar-refractivity contribution < 1.29 is 32.4 Å². The fourth-order valence-corrected chi connectivity index (χ4v) is 10.5. The first-order chi connectivity index (χ1) is 23.7. The standard InChI is InChI=1S/C37H62N6O7S/c1-9-13-26(29(44)32(46)38-24-16-17-24)39-31(45)28-27-25(36(27,6)7)20-43(28)33(47)30(35(3,4)5)40-34(48)41-37(18-11-10-12-19-37)21-51(49,50)42(8)22(2)23-14-15-23/h22-28,30H,9-21H2,1-8H3,(H,38,46)(H,39,45)(H2,40,41,48)/t22-,25-,26-,27-,28-,30+/m0/s1. The second kappa shape index (κ2) is 14.6. The van der Waals surface area contributed by atoms with Gasteiger partial charge in [-0.25, -0.2) is 17.5 Å². The van der Waals surface area contributed by atoms with Crippen molar-refractivity contribution in [2.75, 3.05) is 19.3 Å². The number of likely N-dealkylation sites (tertiary alicyclic amines) is 1. The molecule has 0 aromatic heterocycles. The van der Waals surface area contributed by atoms with E-state index in [2.05, 4.69) is 35.1 Å². The summed E-state index contributed by atoms with van der Waals surface area (Å²) in [6, 6.07) is -3.62. The predicted octanol–water partition coefficient (Wildman–Crippen LogP) is 3.08. The maximum Gasteiger partial charge on any atom is 0.315 e. The summed E-state index contributed by atoms with van der Waals surface area (Å²) in [5.74, 6) is -2.18. The zero-order valence-electron chi connectivity index (χ0n) is 32.0. The average Bonchev–Trinajstić information content (AvgIpc) is 4.00. The maximum absolute atomic E-state index is 14.5. The summed E-state index contributed by atoms with van der Waals surface area (Å²) in [4.78, 5) is 69.7. The third-order valence-electron chi connectivity index (χ3n) is 12.5. The van der Waals surface area contributed by atoms with E-state index in [1.54, 1.807) is 11.9 Å². The van der Waals surface area contributed by atoms with Gasteiger partial charge >= 0.3 is 6.03 Å². The number of urea groups is 1. The van der Waals surface area contributed by atoms with Gasteiger partial charge in [-0.2, -0.15) is 0 Å². The number of sulfonamides is 1. The van der Waals surface area contributed by atoms with Crippen LogP contribution in [0.1, 0.15) is 119 Å². The Hall–Kier alpha value is -2.74. The average molecular weight is 735 g/mol. The molecule has 4 saturated carbocycles. The molecule has 0 radical (unpaired) electrons. The van der Waals surface area contributed by atoms with E-state index in [1.807, 2.05) is 34.6 Å². The topological polar surface area (TPSA) is 174 Å². The highest BCUT2D eigenvalue weighted by atomic mass is 32.2. The van der Waals surface area contributed by atoms with Crippen LogP contribution in [0.4, 0.5) is 4.79 Å². The summed E-state index contributed by atoms with van der Waals surface area (Å²) in [6.45, 7) is 13.8. The van der Waals surface area contributed by atoms with Crippen molar-refractivity contribution in [3.05, 3.63) is 0 Å². The molecule has 0 unspecified atom stereocenters. The first-order valence-corrected chi connectivity index (χ1v) is 20.8. The minimum absolute atomic E-state index is 0.00387. The summed E-state index contributed by atoms with van der Waals surface area (Å²) < 4.78 is 28.8. The lowest BCUT2D eigenvalue weighted by Crippen LogP contribution is -2.64. The van der Waals surface area contributed by atoms with Gasteiger partial charge in [0.1, 0.15) is 12.1 Å². The van der Waals surface area contributed by atoms with E-state index in [0.29, 0.717) is 38.1 Å². The Kier molecular flexibility index (Phi) is 11.3. The van der Waals surface area contributed by atoms with Gasteiger partial charge in [0.25, 0.3) is 5.91 Å². The van der Waals surface area contributed by atoms with Crippen LogP contribution in [0, 0.1) is 28.6 Å². The normalized spacial score (nSPS) is 27.1. The lowest BCUT2D eigenvalue weighted by Gasteiger charge is -2.41. The Morgan fingerprint density at radius 2 is 1.59 bits per heavy atom. The number of ketones is 1. The molecule has 288 valence electrons. The summed E-state index contributed by atoms with van der Waals surface area (Å²) >= 11 is 0. The van der Waals surface area contributed by atoms with E-state index in [1.165, 1.54) is 4.31 Å². The largest absolute Gasteiger partial charge is 0.347 e. The van der Waals surface area contributed by atoms with E-state index < -0.39 is 68.6 Å². The molecule has 0 spiro atoms. The van der Waals surface area contributed by atoms with Crippen LogP contribution < -0.4 is 21.3 Å². The number of amides is 5. The number of hydrogen-bond donors (Lipinski definition) is 4. The third-order valence-corrected chi connectivity index (χ3v) is 14.6. The molecule has 5 rings (SSSR count). The Balaban J connectivity index is 1.32. The van der Waals surface area contributed by atoms with E-state index in [0.717, 1.165) is 44.9 Å². The monoisotopic (exact) mass is 734 g/mol. The number of fused-ring (bicyclic) bond motifs is 1. The second-order valence-corrected chi connectivity index (χ2v) is 20.0. The zero-order chi connectivity index (χ0) is 37.7. The van der Waals surface area contributed by atoms with Crippen LogP contribution in [0.3, 0.4) is 0 Å². The molecule has 51 heavy (non-hydrogen) atoms. The molecule has 0 aromatic rings. The Labute approximate surface area is 304 Å². The number of nitrogens with zero attached hydrogens (tertiary/aromatic N) is 2. The van der Waals surface area contributed by atoms with Crippen molar-refractivity contribution >= 4 is 39.6 Å². The van der Waals surface area contributed by atoms with Crippen molar-refractivity contribution in [1.29, 1.82) is 0 Å². The second-order valence-electron chi connectivity index (χ2n) is 17.9. The number of piperidine rings is 1. The number of Topliss-reactive ketones (excluding diaryl/α,β-unsaturated/α-hetero) is 1. The van der Waals surface area contributed by atoms with Crippen molar-refractivity contribution in [2.45, 2.75) is 155 Å². The van der Waals surface area contributed by atoms with Crippen molar-refractivity contribution in [1.82, 2.24) is 30.5 Å². The smallest absolute Gasteiger partial charge is 0.315 e. The van der Waals surface area contributed by atoms with Gasteiger partial charge in [-0.3, -0.25) is 19.2 Å². The highest BCUT2D eigenvalue weighted by molar-refractivity contribution is 7.89. The Morgan fingerprint density at radius 1 is 0.961 bits per heavy atom. The molecule has 5 amide bonds. The van der Waals surface area contributed by atoms with Gasteiger partial charge in [-0.05, 0) is 80.5 Å². The van der Waals surface area contributed by atoms with Crippen molar-refractivity contribution in [3.63, 3.8) is 0 Å². The first-order valence-electron chi connectivity index (χ1n) is 19.2. The maximum atomic E-state index is 14.5.